The van der Waals surface area contributed by atoms with Gasteiger partial charge in [-0.25, -0.2) is 0 Å². The highest BCUT2D eigenvalue weighted by Crippen LogP contribution is 2.41. The number of aryl methyl sites for hydroxylation is 1. The van der Waals surface area contributed by atoms with Crippen LogP contribution in [0.15, 0.2) is 18.2 Å². The van der Waals surface area contributed by atoms with Crippen LogP contribution in [0.5, 0.6) is 0 Å². The standard InChI is InChI=1S/C21H30FNO2S/c1-3-5-6-15-7-8-16-9-10-23-13-17(14-26-22)20(25-21(24)4-2)12-19(23)18(16)11-15/h7-8,11,17,19-20H,3-6,9-10,12-14H2,1-2H3/t17-,19+,20+/m1/s1. The first-order chi connectivity index (χ1) is 12.7. The van der Waals surface area contributed by atoms with Crippen molar-refractivity contribution in [3.8, 4) is 0 Å². The molecule has 26 heavy (non-hydrogen) atoms. The third kappa shape index (κ3) is 4.42. The molecule has 0 bridgehead atoms. The third-order valence-corrected chi connectivity index (χ3v) is 6.35. The molecule has 0 unspecified atom stereocenters. The first-order valence-corrected chi connectivity index (χ1v) is 10.8. The molecule has 0 aliphatic carbocycles. The molecular weight excluding hydrogens is 349 g/mol. The predicted molar refractivity (Wildman–Crippen MR) is 105 cm³/mol. The number of carbonyl (C=O) groups excluding carboxylic acids is 1. The second kappa shape index (κ2) is 9.23. The van der Waals surface area contributed by atoms with Gasteiger partial charge < -0.3 is 4.74 Å². The number of hydrogen-bond acceptors (Lipinski definition) is 4. The van der Waals surface area contributed by atoms with Gasteiger partial charge in [-0.1, -0.05) is 38.5 Å². The van der Waals surface area contributed by atoms with E-state index in [0.717, 1.165) is 32.4 Å². The average molecular weight is 380 g/mol. The second-order valence-corrected chi connectivity index (χ2v) is 8.10. The van der Waals surface area contributed by atoms with Crippen LogP contribution in [0.2, 0.25) is 0 Å². The summed E-state index contributed by atoms with van der Waals surface area (Å²) < 4.78 is 18.7. The van der Waals surface area contributed by atoms with Crippen molar-refractivity contribution in [3.63, 3.8) is 0 Å². The largest absolute Gasteiger partial charge is 0.462 e. The topological polar surface area (TPSA) is 29.5 Å². The van der Waals surface area contributed by atoms with Crippen LogP contribution in [-0.4, -0.2) is 35.8 Å². The summed E-state index contributed by atoms with van der Waals surface area (Å²) in [5.74, 6) is 0.292. The molecule has 1 aromatic carbocycles. The van der Waals surface area contributed by atoms with Crippen molar-refractivity contribution in [2.45, 2.75) is 64.5 Å². The zero-order valence-corrected chi connectivity index (χ0v) is 16.7. The fourth-order valence-electron chi connectivity index (χ4n) is 4.30. The first-order valence-electron chi connectivity index (χ1n) is 9.95. The van der Waals surface area contributed by atoms with E-state index in [0.29, 0.717) is 24.3 Å². The number of rotatable bonds is 7. The maximum absolute atomic E-state index is 13.0. The van der Waals surface area contributed by atoms with Gasteiger partial charge in [0.25, 0.3) is 0 Å². The molecule has 2 aliphatic rings. The van der Waals surface area contributed by atoms with E-state index in [1.807, 2.05) is 6.92 Å². The van der Waals surface area contributed by atoms with Crippen molar-refractivity contribution >= 4 is 18.1 Å². The molecule has 0 aromatic heterocycles. The average Bonchev–Trinajstić information content (AvgIpc) is 2.66. The molecule has 3 atom stereocenters. The van der Waals surface area contributed by atoms with Crippen LogP contribution in [0.25, 0.3) is 0 Å². The Kier molecular flexibility index (Phi) is 6.98. The summed E-state index contributed by atoms with van der Waals surface area (Å²) in [7, 11) is 0. The molecule has 5 heteroatoms. The molecule has 144 valence electrons. The Hall–Kier alpha value is -1.07. The van der Waals surface area contributed by atoms with E-state index in [2.05, 4.69) is 30.0 Å². The van der Waals surface area contributed by atoms with Crippen LogP contribution < -0.4 is 0 Å². The zero-order valence-electron chi connectivity index (χ0n) is 15.9. The van der Waals surface area contributed by atoms with Crippen molar-refractivity contribution in [1.29, 1.82) is 0 Å². The second-order valence-electron chi connectivity index (χ2n) is 7.55. The Labute approximate surface area is 161 Å². The summed E-state index contributed by atoms with van der Waals surface area (Å²) in [5.41, 5.74) is 4.22. The number of nitrogens with zero attached hydrogens (tertiary/aromatic N) is 1. The number of piperidine rings is 1. The Balaban J connectivity index is 1.82. The lowest BCUT2D eigenvalue weighted by Gasteiger charge is -2.46. The van der Waals surface area contributed by atoms with E-state index in [9.17, 15) is 8.68 Å². The fraction of sp³-hybridized carbons (Fsp3) is 0.667. The summed E-state index contributed by atoms with van der Waals surface area (Å²) in [6.45, 7) is 5.85. The monoisotopic (exact) mass is 379 g/mol. The lowest BCUT2D eigenvalue weighted by Crippen LogP contribution is -2.50. The van der Waals surface area contributed by atoms with Gasteiger partial charge >= 0.3 is 5.97 Å². The summed E-state index contributed by atoms with van der Waals surface area (Å²) in [4.78, 5) is 14.3. The van der Waals surface area contributed by atoms with E-state index in [1.165, 1.54) is 29.5 Å². The van der Waals surface area contributed by atoms with Gasteiger partial charge in [0.15, 0.2) is 0 Å². The predicted octanol–water partition coefficient (Wildman–Crippen LogP) is 4.89. The number of halogens is 1. The normalized spacial score (nSPS) is 25.4. The zero-order chi connectivity index (χ0) is 18.5. The fourth-order valence-corrected chi connectivity index (χ4v) is 4.78. The molecule has 3 nitrogen and oxygen atoms in total. The summed E-state index contributed by atoms with van der Waals surface area (Å²) in [5, 5.41) is 0. The van der Waals surface area contributed by atoms with E-state index in [-0.39, 0.29) is 24.0 Å². The maximum atomic E-state index is 13.0. The molecule has 2 heterocycles. The molecule has 1 fully saturated rings. The molecule has 0 N–H and O–H groups in total. The minimum Gasteiger partial charge on any atom is -0.462 e. The van der Waals surface area contributed by atoms with Gasteiger partial charge in [-0.2, -0.15) is 3.89 Å². The van der Waals surface area contributed by atoms with Crippen molar-refractivity contribution in [1.82, 2.24) is 4.90 Å². The number of benzene rings is 1. The highest BCUT2D eigenvalue weighted by atomic mass is 32.2. The van der Waals surface area contributed by atoms with Crippen LogP contribution in [0, 0.1) is 5.92 Å². The smallest absolute Gasteiger partial charge is 0.305 e. The molecule has 2 aliphatic heterocycles. The quantitative estimate of drug-likeness (QED) is 0.631. The highest BCUT2D eigenvalue weighted by Gasteiger charge is 2.40. The molecule has 1 aromatic rings. The van der Waals surface area contributed by atoms with Gasteiger partial charge in [-0.3, -0.25) is 9.69 Å². The molecular formula is C21H30FNO2S. The minimum absolute atomic E-state index is 0.0709. The number of ether oxygens (including phenoxy) is 1. The Morgan fingerprint density at radius 3 is 2.96 bits per heavy atom. The van der Waals surface area contributed by atoms with Crippen LogP contribution >= 0.6 is 12.1 Å². The van der Waals surface area contributed by atoms with E-state index in [4.69, 9.17) is 4.74 Å². The van der Waals surface area contributed by atoms with Gasteiger partial charge in [0, 0.05) is 55.8 Å². The number of carbonyl (C=O) groups is 1. The Morgan fingerprint density at radius 2 is 2.23 bits per heavy atom. The maximum Gasteiger partial charge on any atom is 0.305 e. The lowest BCUT2D eigenvalue weighted by atomic mass is 9.81. The van der Waals surface area contributed by atoms with Crippen molar-refractivity contribution in [2.24, 2.45) is 5.92 Å². The van der Waals surface area contributed by atoms with E-state index >= 15 is 0 Å². The van der Waals surface area contributed by atoms with Crippen LogP contribution in [0.3, 0.4) is 0 Å². The Bertz CT molecular complexity index is 624. The number of unbranched alkanes of at least 4 members (excludes halogenated alkanes) is 1. The van der Waals surface area contributed by atoms with E-state index < -0.39 is 0 Å². The molecule has 1 saturated heterocycles. The van der Waals surface area contributed by atoms with Gasteiger partial charge in [0.1, 0.15) is 6.10 Å². The minimum atomic E-state index is -0.183. The number of esters is 1. The van der Waals surface area contributed by atoms with E-state index in [1.54, 1.807) is 0 Å². The first kappa shape index (κ1) is 19.7. The lowest BCUT2D eigenvalue weighted by molar-refractivity contribution is -0.155. The van der Waals surface area contributed by atoms with Crippen molar-refractivity contribution in [3.05, 3.63) is 34.9 Å². The number of fused-ring (bicyclic) bond motifs is 3. The molecule has 0 amide bonds. The Morgan fingerprint density at radius 1 is 1.38 bits per heavy atom. The van der Waals surface area contributed by atoms with Crippen LogP contribution in [0.4, 0.5) is 3.89 Å². The molecule has 0 radical (unpaired) electrons. The SMILES string of the molecule is CCCCc1ccc2c(c1)[C@@H]1C[C@H](OC(=O)CC)[C@@H](CSF)CN1CC2. The van der Waals surface area contributed by atoms with Gasteiger partial charge in [0.2, 0.25) is 0 Å². The van der Waals surface area contributed by atoms with Crippen molar-refractivity contribution in [2.75, 3.05) is 18.8 Å². The molecule has 0 spiro atoms. The van der Waals surface area contributed by atoms with Gasteiger partial charge in [-0.15, -0.1) is 0 Å². The summed E-state index contributed by atoms with van der Waals surface area (Å²) in [6.07, 6.45) is 5.54. The summed E-state index contributed by atoms with van der Waals surface area (Å²) >= 11 is 0.365. The van der Waals surface area contributed by atoms with Crippen molar-refractivity contribution < 1.29 is 13.4 Å². The van der Waals surface area contributed by atoms with Crippen LogP contribution in [0.1, 0.15) is 62.3 Å². The molecule has 0 saturated carbocycles. The van der Waals surface area contributed by atoms with Gasteiger partial charge in [-0.05, 0) is 36.0 Å². The summed E-state index contributed by atoms with van der Waals surface area (Å²) in [6, 6.07) is 7.21. The molecule has 3 rings (SSSR count). The number of hydrogen-bond donors (Lipinski definition) is 0. The third-order valence-electron chi connectivity index (χ3n) is 5.80. The van der Waals surface area contributed by atoms with Gasteiger partial charge in [0.05, 0.1) is 0 Å². The highest BCUT2D eigenvalue weighted by molar-refractivity contribution is 7.94. The van der Waals surface area contributed by atoms with Crippen LogP contribution in [-0.2, 0) is 22.4 Å².